The van der Waals surface area contributed by atoms with Gasteiger partial charge in [-0.1, -0.05) is 19.1 Å². The van der Waals surface area contributed by atoms with Gasteiger partial charge < -0.3 is 5.73 Å². The summed E-state index contributed by atoms with van der Waals surface area (Å²) >= 11 is 0. The van der Waals surface area contributed by atoms with Crippen molar-refractivity contribution < 1.29 is 9.18 Å². The lowest BCUT2D eigenvalue weighted by Crippen LogP contribution is -2.16. The van der Waals surface area contributed by atoms with Crippen LogP contribution >= 0.6 is 0 Å². The molecule has 0 amide bonds. The summed E-state index contributed by atoms with van der Waals surface area (Å²) in [6.07, 6.45) is 1.30. The molecular weight excluding hydrogens is 193 g/mol. The summed E-state index contributed by atoms with van der Waals surface area (Å²) in [6.45, 7) is 2.09. The second-order valence-electron chi connectivity index (χ2n) is 3.60. The third kappa shape index (κ3) is 3.44. The maximum atomic E-state index is 12.7. The van der Waals surface area contributed by atoms with Crippen molar-refractivity contribution >= 4 is 5.78 Å². The van der Waals surface area contributed by atoms with Crippen LogP contribution in [0.3, 0.4) is 0 Å². The first-order chi connectivity index (χ1) is 7.17. The highest BCUT2D eigenvalue weighted by molar-refractivity contribution is 5.81. The van der Waals surface area contributed by atoms with Crippen molar-refractivity contribution in [3.63, 3.8) is 0 Å². The smallest absolute Gasteiger partial charge is 0.147 e. The van der Waals surface area contributed by atoms with Crippen LogP contribution in [0.5, 0.6) is 0 Å². The molecule has 0 saturated carbocycles. The molecule has 0 heterocycles. The van der Waals surface area contributed by atoms with E-state index < -0.39 is 0 Å². The Morgan fingerprint density at radius 1 is 1.40 bits per heavy atom. The minimum atomic E-state index is -0.251. The van der Waals surface area contributed by atoms with Crippen LogP contribution in [0.2, 0.25) is 0 Å². The summed E-state index contributed by atoms with van der Waals surface area (Å²) < 4.78 is 12.7. The van der Waals surface area contributed by atoms with E-state index in [4.69, 9.17) is 5.73 Å². The molecule has 2 nitrogen and oxygen atoms in total. The normalized spacial score (nSPS) is 12.5. The molecule has 0 fully saturated rings. The number of rotatable bonds is 5. The first-order valence-corrected chi connectivity index (χ1v) is 5.14. The topological polar surface area (TPSA) is 43.1 Å². The molecule has 0 aliphatic carbocycles. The third-order valence-electron chi connectivity index (χ3n) is 2.54. The van der Waals surface area contributed by atoms with Crippen LogP contribution in [0.25, 0.3) is 0 Å². The van der Waals surface area contributed by atoms with Crippen molar-refractivity contribution in [1.82, 2.24) is 0 Å². The largest absolute Gasteiger partial charge is 0.324 e. The van der Waals surface area contributed by atoms with E-state index in [1.165, 1.54) is 12.1 Å². The van der Waals surface area contributed by atoms with Crippen LogP contribution in [0.1, 0.15) is 31.2 Å². The van der Waals surface area contributed by atoms with E-state index in [-0.39, 0.29) is 24.1 Å². The van der Waals surface area contributed by atoms with Crippen molar-refractivity contribution in [3.8, 4) is 0 Å². The third-order valence-corrected chi connectivity index (χ3v) is 2.54. The van der Waals surface area contributed by atoms with Crippen LogP contribution in [0, 0.1) is 5.82 Å². The molecule has 1 atom stereocenters. The molecule has 2 N–H and O–H groups in total. The summed E-state index contributed by atoms with van der Waals surface area (Å²) in [7, 11) is 0. The number of carbonyl (C=O) groups is 1. The molecule has 1 unspecified atom stereocenters. The number of halogens is 1. The molecule has 1 aromatic rings. The quantitative estimate of drug-likeness (QED) is 0.808. The number of hydrogen-bond donors (Lipinski definition) is 1. The van der Waals surface area contributed by atoms with Gasteiger partial charge in [-0.3, -0.25) is 4.79 Å². The van der Waals surface area contributed by atoms with Crippen molar-refractivity contribution in [1.29, 1.82) is 0 Å². The maximum absolute atomic E-state index is 12.7. The fourth-order valence-electron chi connectivity index (χ4n) is 1.59. The Bertz CT molecular complexity index is 321. The second kappa shape index (κ2) is 5.61. The molecule has 0 spiro atoms. The molecule has 82 valence electrons. The lowest BCUT2D eigenvalue weighted by atomic mass is 9.91. The van der Waals surface area contributed by atoms with E-state index in [0.29, 0.717) is 6.42 Å². The summed E-state index contributed by atoms with van der Waals surface area (Å²) in [5, 5.41) is 0. The highest BCUT2D eigenvalue weighted by atomic mass is 19.1. The van der Waals surface area contributed by atoms with E-state index in [0.717, 1.165) is 12.0 Å². The SMILES string of the molecule is CCC(CC(=O)CN)c1ccc(F)cc1. The molecule has 1 aromatic carbocycles. The predicted octanol–water partition coefficient (Wildman–Crippen LogP) is 2.24. The van der Waals surface area contributed by atoms with Gasteiger partial charge in [-0.25, -0.2) is 4.39 Å². The van der Waals surface area contributed by atoms with E-state index >= 15 is 0 Å². The van der Waals surface area contributed by atoms with Gasteiger partial charge in [0.25, 0.3) is 0 Å². The summed E-state index contributed by atoms with van der Waals surface area (Å²) in [5.74, 6) is -0.0495. The Balaban J connectivity index is 2.74. The fourth-order valence-corrected chi connectivity index (χ4v) is 1.59. The molecule has 3 heteroatoms. The molecule has 0 aliphatic rings. The summed E-state index contributed by atoms with van der Waals surface area (Å²) in [5.41, 5.74) is 6.27. The molecule has 1 rings (SSSR count). The van der Waals surface area contributed by atoms with Gasteiger partial charge in [-0.2, -0.15) is 0 Å². The van der Waals surface area contributed by atoms with Crippen molar-refractivity contribution in [2.75, 3.05) is 6.54 Å². The lowest BCUT2D eigenvalue weighted by Gasteiger charge is -2.13. The highest BCUT2D eigenvalue weighted by Gasteiger charge is 2.13. The van der Waals surface area contributed by atoms with Crippen molar-refractivity contribution in [3.05, 3.63) is 35.6 Å². The minimum absolute atomic E-state index is 0.0474. The standard InChI is InChI=1S/C12H16FNO/c1-2-9(7-12(15)8-14)10-3-5-11(13)6-4-10/h3-6,9H,2,7-8,14H2,1H3. The van der Waals surface area contributed by atoms with Crippen LogP contribution in [-0.4, -0.2) is 12.3 Å². The van der Waals surface area contributed by atoms with Gasteiger partial charge in [0.15, 0.2) is 0 Å². The van der Waals surface area contributed by atoms with Gasteiger partial charge in [0.1, 0.15) is 11.6 Å². The highest BCUT2D eigenvalue weighted by Crippen LogP contribution is 2.23. The average molecular weight is 209 g/mol. The molecule has 0 aliphatic heterocycles. The zero-order valence-electron chi connectivity index (χ0n) is 8.87. The zero-order valence-corrected chi connectivity index (χ0v) is 8.87. The molecule has 0 bridgehead atoms. The van der Waals surface area contributed by atoms with Crippen LogP contribution in [0.4, 0.5) is 4.39 Å². The number of benzene rings is 1. The zero-order chi connectivity index (χ0) is 11.3. The number of Topliss-reactive ketones (excluding diaryl/α,β-unsaturated/α-hetero) is 1. The van der Waals surface area contributed by atoms with Crippen molar-refractivity contribution in [2.24, 2.45) is 5.73 Å². The van der Waals surface area contributed by atoms with Crippen molar-refractivity contribution in [2.45, 2.75) is 25.7 Å². The minimum Gasteiger partial charge on any atom is -0.324 e. The number of carbonyl (C=O) groups excluding carboxylic acids is 1. The molecule has 15 heavy (non-hydrogen) atoms. The van der Waals surface area contributed by atoms with Gasteiger partial charge >= 0.3 is 0 Å². The van der Waals surface area contributed by atoms with Crippen LogP contribution in [0.15, 0.2) is 24.3 Å². The van der Waals surface area contributed by atoms with Crippen LogP contribution in [-0.2, 0) is 4.79 Å². The average Bonchev–Trinajstić information content (AvgIpc) is 2.27. The van der Waals surface area contributed by atoms with Gasteiger partial charge in [0.05, 0.1) is 6.54 Å². The van der Waals surface area contributed by atoms with Gasteiger partial charge in [-0.05, 0) is 30.0 Å². The Morgan fingerprint density at radius 3 is 2.47 bits per heavy atom. The molecular formula is C12H16FNO. The number of hydrogen-bond acceptors (Lipinski definition) is 2. The molecule has 0 aromatic heterocycles. The maximum Gasteiger partial charge on any atom is 0.147 e. The summed E-state index contributed by atoms with van der Waals surface area (Å²) in [4.78, 5) is 11.2. The Hall–Kier alpha value is -1.22. The Morgan fingerprint density at radius 2 is 2.00 bits per heavy atom. The van der Waals surface area contributed by atoms with E-state index in [2.05, 4.69) is 0 Å². The second-order valence-corrected chi connectivity index (χ2v) is 3.60. The Kier molecular flexibility index (Phi) is 4.43. The lowest BCUT2D eigenvalue weighted by molar-refractivity contribution is -0.118. The molecule has 0 radical (unpaired) electrons. The van der Waals surface area contributed by atoms with Gasteiger partial charge in [0.2, 0.25) is 0 Å². The van der Waals surface area contributed by atoms with E-state index in [1.54, 1.807) is 12.1 Å². The van der Waals surface area contributed by atoms with Crippen LogP contribution < -0.4 is 5.73 Å². The first kappa shape index (κ1) is 11.9. The number of ketones is 1. The first-order valence-electron chi connectivity index (χ1n) is 5.14. The predicted molar refractivity (Wildman–Crippen MR) is 58.1 cm³/mol. The molecule has 0 saturated heterocycles. The van der Waals surface area contributed by atoms with Gasteiger partial charge in [0, 0.05) is 6.42 Å². The van der Waals surface area contributed by atoms with E-state index in [9.17, 15) is 9.18 Å². The fraction of sp³-hybridized carbons (Fsp3) is 0.417. The van der Waals surface area contributed by atoms with E-state index in [1.807, 2.05) is 6.92 Å². The van der Waals surface area contributed by atoms with Gasteiger partial charge in [-0.15, -0.1) is 0 Å². The summed E-state index contributed by atoms with van der Waals surface area (Å²) in [6, 6.07) is 6.30. The number of nitrogens with two attached hydrogens (primary N) is 1. The monoisotopic (exact) mass is 209 g/mol. The Labute approximate surface area is 89.3 Å².